The van der Waals surface area contributed by atoms with Crippen molar-refractivity contribution in [2.75, 3.05) is 48.4 Å². The molecule has 0 saturated carbocycles. The Balaban J connectivity index is 1.28. The van der Waals surface area contributed by atoms with Crippen molar-refractivity contribution in [2.45, 2.75) is 25.5 Å². The van der Waals surface area contributed by atoms with Gasteiger partial charge in [0.1, 0.15) is 11.9 Å². The lowest BCUT2D eigenvalue weighted by Crippen LogP contribution is -2.38. The maximum Gasteiger partial charge on any atom is 0.319 e. The average molecular weight is 425 g/mol. The SMILES string of the molecule is O=C(NCc1cccnc1N1CCOCC1)Nc1ccc(NC(=O)C2CCCO2)cc1. The molecule has 3 N–H and O–H groups in total. The summed E-state index contributed by atoms with van der Waals surface area (Å²) in [5, 5.41) is 8.52. The molecule has 2 fully saturated rings. The summed E-state index contributed by atoms with van der Waals surface area (Å²) >= 11 is 0. The van der Waals surface area contributed by atoms with Gasteiger partial charge in [0.25, 0.3) is 5.91 Å². The van der Waals surface area contributed by atoms with Crippen LogP contribution in [0, 0.1) is 0 Å². The van der Waals surface area contributed by atoms with Gasteiger partial charge in [0.05, 0.1) is 13.2 Å². The quantitative estimate of drug-likeness (QED) is 0.656. The van der Waals surface area contributed by atoms with E-state index in [0.29, 0.717) is 37.7 Å². The first-order valence-corrected chi connectivity index (χ1v) is 10.5. The van der Waals surface area contributed by atoms with Crippen molar-refractivity contribution >= 4 is 29.1 Å². The molecule has 1 unspecified atom stereocenters. The molecule has 9 heteroatoms. The monoisotopic (exact) mass is 425 g/mol. The van der Waals surface area contributed by atoms with Crippen molar-refractivity contribution in [1.82, 2.24) is 10.3 Å². The van der Waals surface area contributed by atoms with Crippen molar-refractivity contribution in [3.8, 4) is 0 Å². The molecule has 2 saturated heterocycles. The highest BCUT2D eigenvalue weighted by molar-refractivity contribution is 5.95. The van der Waals surface area contributed by atoms with E-state index in [4.69, 9.17) is 9.47 Å². The number of benzene rings is 1. The number of nitrogens with one attached hydrogen (secondary N) is 3. The summed E-state index contributed by atoms with van der Waals surface area (Å²) in [4.78, 5) is 31.1. The van der Waals surface area contributed by atoms with Crippen molar-refractivity contribution < 1.29 is 19.1 Å². The van der Waals surface area contributed by atoms with Gasteiger partial charge in [-0.05, 0) is 43.2 Å². The first-order chi connectivity index (χ1) is 15.2. The molecule has 1 aromatic carbocycles. The maximum absolute atomic E-state index is 12.3. The van der Waals surface area contributed by atoms with Crippen LogP contribution in [0.25, 0.3) is 0 Å². The minimum Gasteiger partial charge on any atom is -0.378 e. The Labute approximate surface area is 181 Å². The van der Waals surface area contributed by atoms with Crippen LogP contribution in [0.5, 0.6) is 0 Å². The number of hydrogen-bond acceptors (Lipinski definition) is 6. The van der Waals surface area contributed by atoms with Gasteiger partial charge in [-0.2, -0.15) is 0 Å². The number of urea groups is 1. The van der Waals surface area contributed by atoms with Gasteiger partial charge in [0.15, 0.2) is 0 Å². The first kappa shape index (κ1) is 21.1. The number of ether oxygens (including phenoxy) is 2. The fraction of sp³-hybridized carbons (Fsp3) is 0.409. The number of morpholine rings is 1. The van der Waals surface area contributed by atoms with Crippen LogP contribution in [0.2, 0.25) is 0 Å². The smallest absolute Gasteiger partial charge is 0.319 e. The van der Waals surface area contributed by atoms with E-state index < -0.39 is 0 Å². The summed E-state index contributed by atoms with van der Waals surface area (Å²) in [7, 11) is 0. The van der Waals surface area contributed by atoms with E-state index in [1.165, 1.54) is 0 Å². The maximum atomic E-state index is 12.3. The molecule has 0 spiro atoms. The zero-order valence-electron chi connectivity index (χ0n) is 17.3. The average Bonchev–Trinajstić information content (AvgIpc) is 3.35. The first-order valence-electron chi connectivity index (χ1n) is 10.5. The predicted molar refractivity (Wildman–Crippen MR) is 117 cm³/mol. The van der Waals surface area contributed by atoms with Gasteiger partial charge in [0.2, 0.25) is 0 Å². The number of carbonyl (C=O) groups excluding carboxylic acids is 2. The molecule has 2 aliphatic heterocycles. The lowest BCUT2D eigenvalue weighted by Gasteiger charge is -2.29. The highest BCUT2D eigenvalue weighted by atomic mass is 16.5. The Kier molecular flexibility index (Phi) is 6.96. The Hall–Kier alpha value is -3.17. The highest BCUT2D eigenvalue weighted by Gasteiger charge is 2.23. The van der Waals surface area contributed by atoms with Gasteiger partial charge in [0, 0.05) is 49.4 Å². The number of carbonyl (C=O) groups is 2. The van der Waals surface area contributed by atoms with E-state index in [0.717, 1.165) is 37.3 Å². The predicted octanol–water partition coefficient (Wildman–Crippen LogP) is 2.36. The Morgan fingerprint density at radius 3 is 2.48 bits per heavy atom. The summed E-state index contributed by atoms with van der Waals surface area (Å²) in [5.74, 6) is 0.737. The summed E-state index contributed by atoms with van der Waals surface area (Å²) < 4.78 is 10.8. The van der Waals surface area contributed by atoms with Crippen LogP contribution in [-0.2, 0) is 20.8 Å². The fourth-order valence-corrected chi connectivity index (χ4v) is 3.62. The van der Waals surface area contributed by atoms with Crippen LogP contribution < -0.4 is 20.9 Å². The van der Waals surface area contributed by atoms with Crippen molar-refractivity contribution in [1.29, 1.82) is 0 Å². The van der Waals surface area contributed by atoms with Gasteiger partial charge in [-0.15, -0.1) is 0 Å². The summed E-state index contributed by atoms with van der Waals surface area (Å²) in [6.07, 6.45) is 3.03. The standard InChI is InChI=1S/C22H27N5O4/c28-21(19-4-2-12-31-19)25-17-5-7-18(8-6-17)26-22(29)24-15-16-3-1-9-23-20(16)27-10-13-30-14-11-27/h1,3,5-9,19H,2,4,10-15H2,(H,25,28)(H2,24,26,29). The fourth-order valence-electron chi connectivity index (χ4n) is 3.62. The number of anilines is 3. The zero-order chi connectivity index (χ0) is 21.5. The number of hydrogen-bond donors (Lipinski definition) is 3. The van der Waals surface area contributed by atoms with Gasteiger partial charge >= 0.3 is 6.03 Å². The van der Waals surface area contributed by atoms with Gasteiger partial charge < -0.3 is 30.3 Å². The van der Waals surface area contributed by atoms with Gasteiger partial charge in [-0.3, -0.25) is 4.79 Å². The van der Waals surface area contributed by atoms with Crippen molar-refractivity contribution in [3.05, 3.63) is 48.2 Å². The second-order valence-corrected chi connectivity index (χ2v) is 7.46. The molecule has 3 amide bonds. The molecule has 4 rings (SSSR count). The van der Waals surface area contributed by atoms with Gasteiger partial charge in [-0.1, -0.05) is 6.07 Å². The lowest BCUT2D eigenvalue weighted by molar-refractivity contribution is -0.124. The van der Waals surface area contributed by atoms with Crippen LogP contribution in [0.1, 0.15) is 18.4 Å². The lowest BCUT2D eigenvalue weighted by atomic mass is 10.2. The summed E-state index contributed by atoms with van der Waals surface area (Å²) in [6, 6.07) is 10.5. The third-order valence-electron chi connectivity index (χ3n) is 5.25. The minimum atomic E-state index is -0.376. The molecule has 2 aliphatic rings. The van der Waals surface area contributed by atoms with Crippen LogP contribution in [-0.4, -0.2) is 55.9 Å². The molecule has 9 nitrogen and oxygen atoms in total. The van der Waals surface area contributed by atoms with Crippen LogP contribution in [0.15, 0.2) is 42.6 Å². The summed E-state index contributed by atoms with van der Waals surface area (Å²) in [6.45, 7) is 3.91. The number of rotatable bonds is 6. The second kappa shape index (κ2) is 10.2. The Morgan fingerprint density at radius 1 is 1.03 bits per heavy atom. The minimum absolute atomic E-state index is 0.136. The van der Waals surface area contributed by atoms with E-state index in [2.05, 4.69) is 25.8 Å². The number of pyridine rings is 1. The molecule has 1 atom stereocenters. The molecule has 0 bridgehead atoms. The molecular weight excluding hydrogens is 398 g/mol. The van der Waals surface area contributed by atoms with Crippen LogP contribution >= 0.6 is 0 Å². The summed E-state index contributed by atoms with van der Waals surface area (Å²) in [5.41, 5.74) is 2.25. The largest absolute Gasteiger partial charge is 0.378 e. The van der Waals surface area contributed by atoms with E-state index in [1.807, 2.05) is 12.1 Å². The molecule has 164 valence electrons. The van der Waals surface area contributed by atoms with E-state index in [1.54, 1.807) is 30.5 Å². The number of nitrogens with zero attached hydrogens (tertiary/aromatic N) is 2. The highest BCUT2D eigenvalue weighted by Crippen LogP contribution is 2.19. The van der Waals surface area contributed by atoms with E-state index in [9.17, 15) is 9.59 Å². The zero-order valence-corrected chi connectivity index (χ0v) is 17.3. The molecule has 0 radical (unpaired) electrons. The van der Waals surface area contributed by atoms with Crippen molar-refractivity contribution in [3.63, 3.8) is 0 Å². The topological polar surface area (TPSA) is 105 Å². The molecule has 3 heterocycles. The molecule has 2 aromatic rings. The molecule has 31 heavy (non-hydrogen) atoms. The molecule has 1 aromatic heterocycles. The van der Waals surface area contributed by atoms with Crippen LogP contribution in [0.4, 0.5) is 22.0 Å². The van der Waals surface area contributed by atoms with E-state index >= 15 is 0 Å². The third kappa shape index (κ3) is 5.71. The number of aromatic nitrogens is 1. The molecular formula is C22H27N5O4. The third-order valence-corrected chi connectivity index (χ3v) is 5.25. The van der Waals surface area contributed by atoms with Crippen LogP contribution in [0.3, 0.4) is 0 Å². The van der Waals surface area contributed by atoms with E-state index in [-0.39, 0.29) is 18.0 Å². The second-order valence-electron chi connectivity index (χ2n) is 7.46. The number of amides is 3. The van der Waals surface area contributed by atoms with Crippen molar-refractivity contribution in [2.24, 2.45) is 0 Å². The Bertz CT molecular complexity index is 893. The normalized spacial score (nSPS) is 18.5. The molecule has 0 aliphatic carbocycles. The Morgan fingerprint density at radius 2 is 1.77 bits per heavy atom. The van der Waals surface area contributed by atoms with Gasteiger partial charge in [-0.25, -0.2) is 9.78 Å².